The Morgan fingerprint density at radius 3 is 2.48 bits per heavy atom. The molecule has 2 aliphatic heterocycles. The smallest absolute Gasteiger partial charge is 0.269 e. The maximum atomic E-state index is 12.9. The zero-order valence-corrected chi connectivity index (χ0v) is 20.5. The van der Waals surface area contributed by atoms with Crippen LogP contribution in [0.1, 0.15) is 30.4 Å². The van der Waals surface area contributed by atoms with Crippen molar-refractivity contribution < 1.29 is 18.0 Å². The summed E-state index contributed by atoms with van der Waals surface area (Å²) < 4.78 is 27.3. The molecule has 1 N–H and O–H groups in total. The van der Waals surface area contributed by atoms with Crippen LogP contribution in [0.5, 0.6) is 0 Å². The molecule has 7 nitrogen and oxygen atoms in total. The van der Waals surface area contributed by atoms with Crippen LogP contribution in [-0.4, -0.2) is 49.6 Å². The van der Waals surface area contributed by atoms with Gasteiger partial charge in [-0.3, -0.25) is 4.79 Å². The molecule has 1 fully saturated rings. The van der Waals surface area contributed by atoms with Crippen LogP contribution in [0.4, 0.5) is 0 Å². The number of nitrogens with one attached hydrogen (secondary N) is 1. The van der Waals surface area contributed by atoms with Crippen LogP contribution in [0.25, 0.3) is 0 Å². The third kappa shape index (κ3) is 5.35. The third-order valence-electron chi connectivity index (χ3n) is 6.08. The van der Waals surface area contributed by atoms with Gasteiger partial charge in [-0.2, -0.15) is 4.31 Å². The summed E-state index contributed by atoms with van der Waals surface area (Å²) in [5.41, 5.74) is 1.67. The summed E-state index contributed by atoms with van der Waals surface area (Å²) >= 11 is 12.0. The summed E-state index contributed by atoms with van der Waals surface area (Å²) in [6.45, 7) is 2.97. The lowest BCUT2D eigenvalue weighted by atomic mass is 9.87. The molecule has 0 atom stereocenters. The molecule has 4 rings (SSSR count). The second-order valence-electron chi connectivity index (χ2n) is 8.46. The number of amides is 1. The zero-order valence-electron chi connectivity index (χ0n) is 18.2. The molecule has 0 unspecified atom stereocenters. The van der Waals surface area contributed by atoms with Gasteiger partial charge in [0.25, 0.3) is 5.91 Å². The Balaban J connectivity index is 1.28. The van der Waals surface area contributed by atoms with Crippen LogP contribution in [0.15, 0.2) is 52.5 Å². The summed E-state index contributed by atoms with van der Waals surface area (Å²) in [6.07, 6.45) is 1.92. The first-order valence-electron chi connectivity index (χ1n) is 10.7. The maximum absolute atomic E-state index is 12.9. The number of carbonyl (C=O) groups is 1. The second-order valence-corrected chi connectivity index (χ2v) is 11.2. The van der Waals surface area contributed by atoms with E-state index in [0.29, 0.717) is 61.1 Å². The van der Waals surface area contributed by atoms with Crippen molar-refractivity contribution in [1.29, 1.82) is 0 Å². The Morgan fingerprint density at radius 1 is 1.12 bits per heavy atom. The van der Waals surface area contributed by atoms with E-state index in [0.717, 1.165) is 11.1 Å². The monoisotopic (exact) mass is 509 g/mol. The van der Waals surface area contributed by atoms with Gasteiger partial charge >= 0.3 is 0 Å². The van der Waals surface area contributed by atoms with Crippen LogP contribution in [0.3, 0.4) is 0 Å². The fourth-order valence-electron chi connectivity index (χ4n) is 4.02. The summed E-state index contributed by atoms with van der Waals surface area (Å²) in [4.78, 5) is 18.5. The third-order valence-corrected chi connectivity index (χ3v) is 8.73. The summed E-state index contributed by atoms with van der Waals surface area (Å²) in [5.74, 6) is -0.276. The van der Waals surface area contributed by atoms with Gasteiger partial charge in [0, 0.05) is 38.9 Å². The highest BCUT2D eigenvalue weighted by Gasteiger charge is 2.45. The van der Waals surface area contributed by atoms with Crippen molar-refractivity contribution in [3.63, 3.8) is 0 Å². The fraction of sp³-hybridized carbons (Fsp3) is 0.391. The van der Waals surface area contributed by atoms with E-state index in [2.05, 4.69) is 10.5 Å². The summed E-state index contributed by atoms with van der Waals surface area (Å²) in [6, 6.07) is 12.2. The van der Waals surface area contributed by atoms with Gasteiger partial charge in [0.15, 0.2) is 0 Å². The van der Waals surface area contributed by atoms with Gasteiger partial charge in [0.05, 0.1) is 14.9 Å². The minimum atomic E-state index is -3.56. The molecule has 0 aliphatic carbocycles. The molecule has 0 saturated carbocycles. The normalized spacial score (nSPS) is 18.1. The van der Waals surface area contributed by atoms with Crippen molar-refractivity contribution in [3.05, 3.63) is 63.6 Å². The lowest BCUT2D eigenvalue weighted by Gasteiger charge is -2.36. The number of hydrogen-bond acceptors (Lipinski definition) is 5. The Kier molecular flexibility index (Phi) is 7.00. The maximum Gasteiger partial charge on any atom is 0.269 e. The molecule has 0 aromatic heterocycles. The molecule has 2 heterocycles. The first-order valence-corrected chi connectivity index (χ1v) is 12.9. The Hall–Kier alpha value is -2.13. The largest absolute Gasteiger partial charge is 0.388 e. The van der Waals surface area contributed by atoms with Gasteiger partial charge in [-0.1, -0.05) is 52.1 Å². The number of sulfonamides is 1. The van der Waals surface area contributed by atoms with Crippen LogP contribution < -0.4 is 5.32 Å². The molecule has 33 heavy (non-hydrogen) atoms. The quantitative estimate of drug-likeness (QED) is 0.638. The number of halogens is 2. The van der Waals surface area contributed by atoms with Gasteiger partial charge in [-0.05, 0) is 43.2 Å². The van der Waals surface area contributed by atoms with E-state index >= 15 is 0 Å². The Labute approximate surface area is 203 Å². The number of rotatable bonds is 6. The van der Waals surface area contributed by atoms with Crippen molar-refractivity contribution in [2.75, 3.05) is 19.6 Å². The topological polar surface area (TPSA) is 88.1 Å². The minimum absolute atomic E-state index is 0.276. The average molecular weight is 510 g/mol. The lowest BCUT2D eigenvalue weighted by molar-refractivity contribution is -0.114. The van der Waals surface area contributed by atoms with Gasteiger partial charge < -0.3 is 10.2 Å². The molecule has 1 spiro atoms. The zero-order chi connectivity index (χ0) is 23.6. The van der Waals surface area contributed by atoms with Gasteiger partial charge in [-0.15, -0.1) is 0 Å². The van der Waals surface area contributed by atoms with E-state index in [1.165, 1.54) is 4.31 Å². The lowest BCUT2D eigenvalue weighted by Crippen LogP contribution is -2.47. The number of carbonyl (C=O) groups excluding carboxylic acids is 1. The van der Waals surface area contributed by atoms with E-state index in [-0.39, 0.29) is 10.8 Å². The molecule has 1 amide bonds. The molecular weight excluding hydrogens is 485 g/mol. The predicted molar refractivity (Wildman–Crippen MR) is 128 cm³/mol. The first-order chi connectivity index (χ1) is 15.7. The number of piperidine rings is 1. The molecule has 2 aromatic rings. The number of hydrogen-bond donors (Lipinski definition) is 1. The number of benzene rings is 2. The van der Waals surface area contributed by atoms with Crippen molar-refractivity contribution in [2.45, 2.75) is 43.1 Å². The predicted octanol–water partition coefficient (Wildman–Crippen LogP) is 3.96. The van der Waals surface area contributed by atoms with Crippen molar-refractivity contribution >= 4 is 44.8 Å². The highest BCUT2D eigenvalue weighted by Crippen LogP contribution is 2.36. The molecule has 2 aliphatic rings. The van der Waals surface area contributed by atoms with Crippen molar-refractivity contribution in [2.24, 2.45) is 5.16 Å². The SMILES string of the molecule is Cc1ccc(S(=O)(=O)N2CCC3(CC2)CC(C(=O)NCCc2ccc(Cl)c(Cl)c2)=NO3)cc1. The van der Waals surface area contributed by atoms with Gasteiger partial charge in [-0.25, -0.2) is 8.42 Å². The van der Waals surface area contributed by atoms with E-state index in [1.54, 1.807) is 36.4 Å². The molecule has 0 radical (unpaired) electrons. The van der Waals surface area contributed by atoms with Crippen LogP contribution in [-0.2, 0) is 26.1 Å². The van der Waals surface area contributed by atoms with Gasteiger partial charge in [0.2, 0.25) is 10.0 Å². The Bertz CT molecular complexity index is 1170. The minimum Gasteiger partial charge on any atom is -0.388 e. The van der Waals surface area contributed by atoms with E-state index < -0.39 is 15.6 Å². The fourth-order valence-corrected chi connectivity index (χ4v) is 5.78. The molecule has 0 bridgehead atoms. The second kappa shape index (κ2) is 9.62. The highest BCUT2D eigenvalue weighted by molar-refractivity contribution is 7.89. The summed E-state index contributed by atoms with van der Waals surface area (Å²) in [7, 11) is -3.56. The van der Waals surface area contributed by atoms with E-state index in [9.17, 15) is 13.2 Å². The standard InChI is InChI=1S/C23H25Cl2N3O4S/c1-16-2-5-18(6-3-16)33(30,31)28-12-9-23(10-13-28)15-21(27-32-23)22(29)26-11-8-17-4-7-19(24)20(25)14-17/h2-7,14H,8-13,15H2,1H3,(H,26,29). The number of nitrogens with zero attached hydrogens (tertiary/aromatic N) is 2. The molecular formula is C23H25Cl2N3O4S. The van der Waals surface area contributed by atoms with Crippen LogP contribution >= 0.6 is 23.2 Å². The van der Waals surface area contributed by atoms with E-state index in [4.69, 9.17) is 28.0 Å². The summed E-state index contributed by atoms with van der Waals surface area (Å²) in [5, 5.41) is 7.84. The van der Waals surface area contributed by atoms with Crippen molar-refractivity contribution in [1.82, 2.24) is 9.62 Å². The van der Waals surface area contributed by atoms with Crippen LogP contribution in [0, 0.1) is 6.92 Å². The average Bonchev–Trinajstić information content (AvgIpc) is 3.20. The number of aryl methyl sites for hydroxylation is 1. The molecule has 1 saturated heterocycles. The molecule has 176 valence electrons. The van der Waals surface area contributed by atoms with Crippen molar-refractivity contribution in [3.8, 4) is 0 Å². The van der Waals surface area contributed by atoms with Crippen LogP contribution in [0.2, 0.25) is 10.0 Å². The first kappa shape index (κ1) is 24.0. The Morgan fingerprint density at radius 2 is 1.82 bits per heavy atom. The molecule has 10 heteroatoms. The molecule has 2 aromatic carbocycles. The number of oxime groups is 1. The van der Waals surface area contributed by atoms with Gasteiger partial charge in [0.1, 0.15) is 11.3 Å². The highest BCUT2D eigenvalue weighted by atomic mass is 35.5. The van der Waals surface area contributed by atoms with E-state index in [1.807, 2.05) is 13.0 Å².